The fourth-order valence-electron chi connectivity index (χ4n) is 13.3. The number of fused-ring (bicyclic) bond motifs is 1. The van der Waals surface area contributed by atoms with E-state index in [2.05, 4.69) is 49.5 Å². The molecule has 512 valence electrons. The lowest BCUT2D eigenvalue weighted by atomic mass is 9.51. The summed E-state index contributed by atoms with van der Waals surface area (Å²) in [5.74, 6) is -2.29. The number of carbonyl (C=O) groups excluding carboxylic acids is 6. The molecule has 1 aromatic heterocycles. The summed E-state index contributed by atoms with van der Waals surface area (Å²) in [6.07, 6.45) is 15.6. The number of nitrogens with two attached hydrogens (primary N) is 3. The Morgan fingerprint density at radius 1 is 0.642 bits per heavy atom. The van der Waals surface area contributed by atoms with Crippen LogP contribution in [-0.2, 0) is 50.7 Å². The van der Waals surface area contributed by atoms with E-state index in [9.17, 15) is 43.9 Å². The standard InChI is InChI=1S/C70H95N13O12/c1-81(67(89)60-43-50(79-80-74)45-83(60)65(88)46-94-51-24-28-55-59(44-51)82(2)69(91)95-68(55)90)35-37-93-39-38-92-36-34-75-61(84)29-30-70-56-40-47(76-62(85)18-12-6-3-9-15-31-71)21-25-52(56)66(53-26-22-48(41-57(53)70)77-63(86)19-13-7-4-10-16-32-72)54-27-23-49(42-58(54)70)78-64(87)20-14-8-5-11-17-33-73/h21-28,40-42,44,50,60,66H,3-20,29-39,43,45-46,71-73H2,1-2H3,(H,75,84)(H,76,85)(H,77,86)(H,78,87)/t50?,60-,66?,70?/m0/s1. The van der Waals surface area contributed by atoms with Gasteiger partial charge in [-0.25, -0.2) is 9.59 Å². The number of benzene rings is 4. The van der Waals surface area contributed by atoms with Crippen LogP contribution in [0.5, 0.6) is 5.75 Å². The molecule has 95 heavy (non-hydrogen) atoms. The summed E-state index contributed by atoms with van der Waals surface area (Å²) in [5, 5.41) is 16.5. The number of amides is 6. The van der Waals surface area contributed by atoms with E-state index in [1.807, 2.05) is 36.4 Å². The van der Waals surface area contributed by atoms with E-state index in [4.69, 9.17) is 35.8 Å². The van der Waals surface area contributed by atoms with E-state index in [-0.39, 0.29) is 111 Å². The number of aromatic nitrogens is 1. The molecule has 6 amide bonds. The van der Waals surface area contributed by atoms with Crippen LogP contribution < -0.4 is 54.6 Å². The second-order valence-corrected chi connectivity index (χ2v) is 25.0. The van der Waals surface area contributed by atoms with Crippen LogP contribution >= 0.6 is 0 Å². The minimum atomic E-state index is -0.986. The zero-order valence-electron chi connectivity index (χ0n) is 55.1. The molecular formula is C70H95N13O12. The Bertz CT molecular complexity index is 3450. The Kier molecular flexibility index (Phi) is 27.8. The Labute approximate surface area is 554 Å². The summed E-state index contributed by atoms with van der Waals surface area (Å²) in [6.45, 7) is 2.54. The minimum absolute atomic E-state index is 0.00283. The fourth-order valence-corrected chi connectivity index (χ4v) is 13.3. The molecule has 25 nitrogen and oxygen atoms in total. The molecule has 1 fully saturated rings. The number of anilines is 3. The molecule has 0 radical (unpaired) electrons. The van der Waals surface area contributed by atoms with Gasteiger partial charge in [0.05, 0.1) is 43.4 Å². The van der Waals surface area contributed by atoms with Crippen LogP contribution in [-0.4, -0.2) is 141 Å². The van der Waals surface area contributed by atoms with Crippen LogP contribution in [0.4, 0.5) is 17.1 Å². The van der Waals surface area contributed by atoms with Gasteiger partial charge < -0.3 is 66.9 Å². The highest BCUT2D eigenvalue weighted by Crippen LogP contribution is 2.62. The van der Waals surface area contributed by atoms with Crippen molar-refractivity contribution in [2.45, 2.75) is 158 Å². The van der Waals surface area contributed by atoms with Gasteiger partial charge in [0.25, 0.3) is 5.91 Å². The number of azide groups is 1. The average Bonchev–Trinajstić information content (AvgIpc) is 0.953. The lowest BCUT2D eigenvalue weighted by Gasteiger charge is -2.51. The van der Waals surface area contributed by atoms with Crippen LogP contribution in [0.15, 0.2) is 91.9 Å². The van der Waals surface area contributed by atoms with Crippen molar-refractivity contribution in [3.8, 4) is 5.75 Å². The molecule has 5 aromatic rings. The van der Waals surface area contributed by atoms with Crippen LogP contribution in [0.1, 0.15) is 174 Å². The molecule has 4 aliphatic rings. The molecule has 25 heteroatoms. The predicted molar refractivity (Wildman–Crippen MR) is 364 cm³/mol. The molecule has 2 atom stereocenters. The Morgan fingerprint density at radius 3 is 1.64 bits per heavy atom. The molecule has 2 bridgehead atoms. The van der Waals surface area contributed by atoms with E-state index in [1.54, 1.807) is 7.05 Å². The van der Waals surface area contributed by atoms with Crippen molar-refractivity contribution in [1.82, 2.24) is 19.7 Å². The summed E-state index contributed by atoms with van der Waals surface area (Å²) < 4.78 is 23.3. The summed E-state index contributed by atoms with van der Waals surface area (Å²) in [4.78, 5) is 112. The monoisotopic (exact) mass is 1310 g/mol. The number of hydrogen-bond acceptors (Lipinski definition) is 16. The molecule has 1 saturated heterocycles. The van der Waals surface area contributed by atoms with Crippen LogP contribution in [0.2, 0.25) is 0 Å². The first-order valence-corrected chi connectivity index (χ1v) is 33.8. The number of ether oxygens (including phenoxy) is 3. The van der Waals surface area contributed by atoms with Gasteiger partial charge >= 0.3 is 11.4 Å². The van der Waals surface area contributed by atoms with Crippen molar-refractivity contribution in [3.63, 3.8) is 0 Å². The third-order valence-electron chi connectivity index (χ3n) is 18.2. The second-order valence-electron chi connectivity index (χ2n) is 25.0. The zero-order valence-corrected chi connectivity index (χ0v) is 55.1. The molecule has 0 spiro atoms. The first-order chi connectivity index (χ1) is 46.1. The number of carbonyl (C=O) groups is 6. The van der Waals surface area contributed by atoms with Crippen molar-refractivity contribution in [1.29, 1.82) is 0 Å². The van der Waals surface area contributed by atoms with E-state index >= 15 is 0 Å². The molecule has 0 saturated carbocycles. The van der Waals surface area contributed by atoms with E-state index in [1.165, 1.54) is 35.0 Å². The van der Waals surface area contributed by atoms with Crippen molar-refractivity contribution in [2.24, 2.45) is 29.4 Å². The van der Waals surface area contributed by atoms with Crippen LogP contribution in [0.25, 0.3) is 21.3 Å². The maximum Gasteiger partial charge on any atom is 0.422 e. The molecule has 2 heterocycles. The van der Waals surface area contributed by atoms with Crippen molar-refractivity contribution in [3.05, 3.63) is 138 Å². The van der Waals surface area contributed by atoms with Gasteiger partial charge in [0.1, 0.15) is 11.8 Å². The number of rotatable bonds is 41. The molecular weight excluding hydrogens is 1210 g/mol. The second kappa shape index (κ2) is 36.4. The summed E-state index contributed by atoms with van der Waals surface area (Å²) in [7, 11) is 3.02. The maximum absolute atomic E-state index is 14.3. The largest absolute Gasteiger partial charge is 0.484 e. The third-order valence-corrected chi connectivity index (χ3v) is 18.2. The van der Waals surface area contributed by atoms with Crippen LogP contribution in [0, 0.1) is 0 Å². The molecule has 4 aromatic carbocycles. The normalized spacial score (nSPS) is 16.5. The van der Waals surface area contributed by atoms with Gasteiger partial charge in [-0.1, -0.05) is 81.1 Å². The lowest BCUT2D eigenvalue weighted by Crippen LogP contribution is -2.48. The highest BCUT2D eigenvalue weighted by atomic mass is 16.5. The Balaban J connectivity index is 0.906. The average molecular weight is 1310 g/mol. The van der Waals surface area contributed by atoms with E-state index in [0.717, 1.165) is 134 Å². The smallest absolute Gasteiger partial charge is 0.422 e. The minimum Gasteiger partial charge on any atom is -0.484 e. The van der Waals surface area contributed by atoms with Gasteiger partial charge in [-0.2, -0.15) is 0 Å². The Hall–Kier alpha value is -8.45. The number of likely N-dealkylation sites (tertiary alicyclic amines) is 1. The first kappa shape index (κ1) is 72.4. The third kappa shape index (κ3) is 19.4. The zero-order chi connectivity index (χ0) is 67.7. The fraction of sp³-hybridized carbons (Fsp3) is 0.543. The maximum atomic E-state index is 14.3. The number of likely N-dealkylation sites (N-methyl/N-ethyl adjacent to an activating group) is 1. The van der Waals surface area contributed by atoms with Gasteiger partial charge in [-0.3, -0.25) is 33.3 Å². The van der Waals surface area contributed by atoms with Gasteiger partial charge in [-0.15, -0.1) is 0 Å². The van der Waals surface area contributed by atoms with Gasteiger partial charge in [0.15, 0.2) is 6.61 Å². The molecule has 1 unspecified atom stereocenters. The van der Waals surface area contributed by atoms with Crippen LogP contribution in [0.3, 0.4) is 0 Å². The summed E-state index contributed by atoms with van der Waals surface area (Å²) >= 11 is 0. The molecule has 10 N–H and O–H groups in total. The first-order valence-electron chi connectivity index (χ1n) is 33.8. The topological polar surface area (TPSA) is 364 Å². The molecule has 1 aliphatic heterocycles. The number of nitrogens with one attached hydrogen (secondary N) is 4. The van der Waals surface area contributed by atoms with E-state index in [0.29, 0.717) is 62.4 Å². The summed E-state index contributed by atoms with van der Waals surface area (Å²) in [5.41, 5.74) is 32.6. The van der Waals surface area contributed by atoms with Crippen molar-refractivity contribution >= 4 is 63.4 Å². The van der Waals surface area contributed by atoms with Gasteiger partial charge in [0.2, 0.25) is 29.5 Å². The predicted octanol–water partition coefficient (Wildman–Crippen LogP) is 8.09. The quantitative estimate of drug-likeness (QED) is 0.00841. The highest BCUT2D eigenvalue weighted by molar-refractivity contribution is 5.94. The SMILES string of the molecule is CN(CCOCCOCCNC(=O)CCC12c3cc(NC(=O)CCCCCCCN)ccc3C(c3ccc(NC(=O)CCCCCCCN)cc31)c1ccc(NC(=O)CCCCCCCN)cc12)C(=O)[C@@H]1CC(N=[N+]=[N-])CN1C(=O)COc1ccc2c(=O)oc(=O)n(C)c2c1. The molecule has 9 rings (SSSR count). The number of unbranched alkanes of at least 4 members (excludes halogenated alkanes) is 12. The lowest BCUT2D eigenvalue weighted by molar-refractivity contribution is -0.144. The number of nitrogens with zero attached hydrogens (tertiary/aromatic N) is 6. The number of aryl methyl sites for hydroxylation is 1. The van der Waals surface area contributed by atoms with Gasteiger partial charge in [0, 0.05) is 98.8 Å². The van der Waals surface area contributed by atoms with Crippen molar-refractivity contribution < 1.29 is 47.4 Å². The molecule has 3 aliphatic carbocycles. The van der Waals surface area contributed by atoms with Crippen molar-refractivity contribution in [2.75, 3.05) is 95.3 Å². The Morgan fingerprint density at radius 2 is 1.14 bits per heavy atom. The highest BCUT2D eigenvalue weighted by Gasteiger charge is 2.52. The summed E-state index contributed by atoms with van der Waals surface area (Å²) in [6, 6.07) is 21.0. The number of hydrogen-bond donors (Lipinski definition) is 7. The van der Waals surface area contributed by atoms with Gasteiger partial charge in [-0.05, 0) is 158 Å². The van der Waals surface area contributed by atoms with E-state index < -0.39 is 41.4 Å².